The van der Waals surface area contributed by atoms with Gasteiger partial charge in [-0.3, -0.25) is 4.79 Å². The third kappa shape index (κ3) is 2.65. The minimum Gasteiger partial charge on any atom is -0.326 e. The number of amides is 1. The second-order valence-corrected chi connectivity index (χ2v) is 4.37. The van der Waals surface area contributed by atoms with Gasteiger partial charge in [0, 0.05) is 13.1 Å². The van der Waals surface area contributed by atoms with Gasteiger partial charge in [-0.2, -0.15) is 13.2 Å². The van der Waals surface area contributed by atoms with Gasteiger partial charge in [0.15, 0.2) is 0 Å². The van der Waals surface area contributed by atoms with E-state index < -0.39 is 30.3 Å². The van der Waals surface area contributed by atoms with Crippen molar-refractivity contribution >= 4 is 18.3 Å². The maximum absolute atomic E-state index is 12.4. The summed E-state index contributed by atoms with van der Waals surface area (Å²) in [5.41, 5.74) is -0.710. The Labute approximate surface area is 102 Å². The van der Waals surface area contributed by atoms with Crippen LogP contribution >= 0.6 is 12.4 Å². The summed E-state index contributed by atoms with van der Waals surface area (Å²) in [7, 11) is 0. The van der Waals surface area contributed by atoms with Gasteiger partial charge in [0.1, 0.15) is 6.67 Å². The number of halogens is 5. The summed E-state index contributed by atoms with van der Waals surface area (Å²) in [4.78, 5) is 12.0. The van der Waals surface area contributed by atoms with Crippen LogP contribution in [-0.4, -0.2) is 48.3 Å². The minimum absolute atomic E-state index is 0. The Kier molecular flexibility index (Phi) is 3.93. The molecule has 1 saturated heterocycles. The van der Waals surface area contributed by atoms with E-state index in [1.165, 1.54) is 0 Å². The summed E-state index contributed by atoms with van der Waals surface area (Å²) >= 11 is 0. The molecular weight excluding hydrogens is 264 g/mol. The third-order valence-electron chi connectivity index (χ3n) is 3.20. The molecule has 1 aliphatic heterocycles. The molecule has 1 amide bonds. The molecule has 1 N–H and O–H groups in total. The summed E-state index contributed by atoms with van der Waals surface area (Å²) in [6.07, 6.45) is -3.75. The number of alkyl halides is 4. The molecule has 1 spiro atoms. The molecule has 3 nitrogen and oxygen atoms in total. The summed E-state index contributed by atoms with van der Waals surface area (Å²) in [6, 6.07) is -0.683. The van der Waals surface area contributed by atoms with E-state index in [2.05, 4.69) is 5.32 Å². The zero-order chi connectivity index (χ0) is 12.0. The average molecular weight is 277 g/mol. The van der Waals surface area contributed by atoms with E-state index in [9.17, 15) is 22.4 Å². The first kappa shape index (κ1) is 14.5. The van der Waals surface area contributed by atoms with E-state index in [0.29, 0.717) is 12.8 Å². The molecule has 100 valence electrons. The highest BCUT2D eigenvalue weighted by Gasteiger charge is 2.57. The number of nitrogens with zero attached hydrogens (tertiary/aromatic N) is 1. The number of rotatable bonds is 1. The van der Waals surface area contributed by atoms with Gasteiger partial charge in [-0.1, -0.05) is 0 Å². The van der Waals surface area contributed by atoms with Crippen LogP contribution in [0.2, 0.25) is 0 Å². The highest BCUT2D eigenvalue weighted by molar-refractivity contribution is 5.85. The van der Waals surface area contributed by atoms with Crippen LogP contribution in [0.25, 0.3) is 0 Å². The largest absolute Gasteiger partial charge is 0.471 e. The monoisotopic (exact) mass is 276 g/mol. The van der Waals surface area contributed by atoms with Crippen molar-refractivity contribution in [2.24, 2.45) is 0 Å². The smallest absolute Gasteiger partial charge is 0.326 e. The van der Waals surface area contributed by atoms with Crippen molar-refractivity contribution in [3.05, 3.63) is 0 Å². The summed E-state index contributed by atoms with van der Waals surface area (Å²) in [5, 5.41) is 2.82. The first-order valence-corrected chi connectivity index (χ1v) is 5.07. The minimum atomic E-state index is -4.87. The Morgan fingerprint density at radius 3 is 2.41 bits per heavy atom. The molecule has 1 heterocycles. The topological polar surface area (TPSA) is 32.3 Å². The predicted octanol–water partition coefficient (Wildman–Crippen LogP) is 1.27. The molecule has 2 rings (SSSR count). The lowest BCUT2D eigenvalue weighted by atomic mass is 10.1. The first-order valence-electron chi connectivity index (χ1n) is 5.07. The maximum atomic E-state index is 12.4. The molecule has 1 aliphatic carbocycles. The van der Waals surface area contributed by atoms with E-state index in [1.807, 2.05) is 0 Å². The van der Waals surface area contributed by atoms with Gasteiger partial charge in [0.2, 0.25) is 0 Å². The van der Waals surface area contributed by atoms with Crippen molar-refractivity contribution in [3.63, 3.8) is 0 Å². The first-order chi connectivity index (χ1) is 7.39. The summed E-state index contributed by atoms with van der Waals surface area (Å²) < 4.78 is 49.4. The molecule has 17 heavy (non-hydrogen) atoms. The molecule has 2 aliphatic rings. The molecule has 1 saturated carbocycles. The predicted molar refractivity (Wildman–Crippen MR) is 54.7 cm³/mol. The lowest BCUT2D eigenvalue weighted by Crippen LogP contribution is -2.62. The Morgan fingerprint density at radius 2 is 2.00 bits per heavy atom. The number of piperazine rings is 1. The van der Waals surface area contributed by atoms with Gasteiger partial charge < -0.3 is 10.2 Å². The van der Waals surface area contributed by atoms with E-state index in [4.69, 9.17) is 0 Å². The fraction of sp³-hybridized carbons (Fsp3) is 0.889. The number of hydrogen-bond acceptors (Lipinski definition) is 2. The number of carbonyl (C=O) groups is 1. The third-order valence-corrected chi connectivity index (χ3v) is 3.20. The van der Waals surface area contributed by atoms with Crippen LogP contribution in [0.15, 0.2) is 0 Å². The summed E-state index contributed by atoms with van der Waals surface area (Å²) in [6.45, 7) is -0.712. The van der Waals surface area contributed by atoms with E-state index >= 15 is 0 Å². The highest BCUT2D eigenvalue weighted by Crippen LogP contribution is 2.44. The van der Waals surface area contributed by atoms with Crippen LogP contribution in [-0.2, 0) is 4.79 Å². The van der Waals surface area contributed by atoms with E-state index in [-0.39, 0.29) is 25.5 Å². The van der Waals surface area contributed by atoms with Gasteiger partial charge in [0.05, 0.1) is 11.6 Å². The number of carbonyl (C=O) groups excluding carboxylic acids is 1. The van der Waals surface area contributed by atoms with Gasteiger partial charge >= 0.3 is 12.1 Å². The van der Waals surface area contributed by atoms with Crippen LogP contribution in [0, 0.1) is 0 Å². The van der Waals surface area contributed by atoms with Gasteiger partial charge in [-0.15, -0.1) is 12.4 Å². The fourth-order valence-electron chi connectivity index (χ4n) is 2.05. The van der Waals surface area contributed by atoms with Crippen molar-refractivity contribution < 1.29 is 22.4 Å². The van der Waals surface area contributed by atoms with Crippen LogP contribution < -0.4 is 5.32 Å². The van der Waals surface area contributed by atoms with Crippen molar-refractivity contribution in [2.45, 2.75) is 30.6 Å². The van der Waals surface area contributed by atoms with Gasteiger partial charge in [-0.25, -0.2) is 4.39 Å². The molecule has 8 heteroatoms. The average Bonchev–Trinajstić information content (AvgIpc) is 2.97. The zero-order valence-corrected chi connectivity index (χ0v) is 9.70. The van der Waals surface area contributed by atoms with Crippen LogP contribution in [0.5, 0.6) is 0 Å². The van der Waals surface area contributed by atoms with Crippen LogP contribution in [0.4, 0.5) is 17.6 Å². The lowest BCUT2D eigenvalue weighted by molar-refractivity contribution is -0.190. The molecule has 0 unspecified atom stereocenters. The second-order valence-electron chi connectivity index (χ2n) is 4.37. The van der Waals surface area contributed by atoms with E-state index in [0.717, 1.165) is 4.90 Å². The van der Waals surface area contributed by atoms with Crippen LogP contribution in [0.1, 0.15) is 12.8 Å². The molecule has 0 bridgehead atoms. The lowest BCUT2D eigenvalue weighted by Gasteiger charge is -2.40. The Balaban J connectivity index is 0.00000144. The van der Waals surface area contributed by atoms with Crippen molar-refractivity contribution in [1.82, 2.24) is 10.2 Å². The molecule has 0 aromatic carbocycles. The normalized spacial score (nSPS) is 26.6. The number of nitrogens with one attached hydrogen (secondary N) is 1. The van der Waals surface area contributed by atoms with Gasteiger partial charge in [0.25, 0.3) is 0 Å². The van der Waals surface area contributed by atoms with E-state index in [1.54, 1.807) is 0 Å². The Morgan fingerprint density at radius 1 is 1.41 bits per heavy atom. The maximum Gasteiger partial charge on any atom is 0.471 e. The summed E-state index contributed by atoms with van der Waals surface area (Å²) in [5.74, 6) is -1.84. The zero-order valence-electron chi connectivity index (χ0n) is 8.89. The molecule has 2 fully saturated rings. The quantitative estimate of drug-likeness (QED) is 0.732. The standard InChI is InChI=1S/C9H12F4N2O.ClH/c10-3-6-4-15(7(16)9(11,12)13)8(1-2-8)5-14-6;/h6,14H,1-5H2;1H/t6-;/m0./s1. The molecule has 0 aromatic rings. The number of hydrogen-bond donors (Lipinski definition) is 1. The molecule has 0 radical (unpaired) electrons. The van der Waals surface area contributed by atoms with Gasteiger partial charge in [-0.05, 0) is 12.8 Å². The Hall–Kier alpha value is -0.560. The fourth-order valence-corrected chi connectivity index (χ4v) is 2.05. The molecule has 0 aromatic heterocycles. The highest BCUT2D eigenvalue weighted by atomic mass is 35.5. The SMILES string of the molecule is Cl.O=C(N1C[C@H](CF)NCC12CC2)C(F)(F)F. The molecular formula is C9H13ClF4N2O. The van der Waals surface area contributed by atoms with Crippen molar-refractivity contribution in [3.8, 4) is 0 Å². The molecule has 1 atom stereocenters. The van der Waals surface area contributed by atoms with Crippen molar-refractivity contribution in [1.29, 1.82) is 0 Å². The second kappa shape index (κ2) is 4.61. The van der Waals surface area contributed by atoms with Crippen molar-refractivity contribution in [2.75, 3.05) is 19.8 Å². The Bertz CT molecular complexity index is 306. The van der Waals surface area contributed by atoms with Crippen LogP contribution in [0.3, 0.4) is 0 Å².